The molecule has 2 aromatic carbocycles. The molecule has 104 valence electrons. The maximum atomic E-state index is 12.3. The van der Waals surface area contributed by atoms with Crippen LogP contribution in [0.4, 0.5) is 0 Å². The molecule has 0 bridgehead atoms. The zero-order valence-electron chi connectivity index (χ0n) is 11.5. The molecule has 4 nitrogen and oxygen atoms in total. The molecule has 3 rings (SSSR count). The summed E-state index contributed by atoms with van der Waals surface area (Å²) in [5.74, 6) is 0.702. The van der Waals surface area contributed by atoms with Crippen LogP contribution in [0.5, 0.6) is 5.75 Å². The summed E-state index contributed by atoms with van der Waals surface area (Å²) in [4.78, 5) is 18.2. The average molecular weight is 278 g/mol. The number of phenols is 1. The fourth-order valence-electron chi connectivity index (χ4n) is 2.17. The van der Waals surface area contributed by atoms with Gasteiger partial charge in [-0.2, -0.15) is 0 Å². The van der Waals surface area contributed by atoms with Crippen molar-refractivity contribution in [1.29, 1.82) is 0 Å². The number of benzene rings is 2. The number of aliphatic imine (C=N–C) groups is 1. The maximum Gasteiger partial charge on any atom is 0.277 e. The van der Waals surface area contributed by atoms with E-state index in [0.717, 1.165) is 11.1 Å². The van der Waals surface area contributed by atoms with Crippen molar-refractivity contribution in [1.82, 2.24) is 4.90 Å². The predicted molar refractivity (Wildman–Crippen MR) is 81.8 cm³/mol. The number of carbonyl (C=O) groups excluding carboxylic acids is 1. The van der Waals surface area contributed by atoms with Gasteiger partial charge in [-0.3, -0.25) is 9.69 Å². The monoisotopic (exact) mass is 278 g/mol. The SMILES string of the molecule is CN1C(=O)/C(=C/c2ccc(O)cc2)N=C1c1ccccc1. The Morgan fingerprint density at radius 3 is 2.38 bits per heavy atom. The van der Waals surface area contributed by atoms with E-state index in [1.807, 2.05) is 30.3 Å². The Hall–Kier alpha value is -2.88. The minimum absolute atomic E-state index is 0.137. The predicted octanol–water partition coefficient (Wildman–Crippen LogP) is 2.65. The van der Waals surface area contributed by atoms with Gasteiger partial charge in [-0.05, 0) is 23.8 Å². The summed E-state index contributed by atoms with van der Waals surface area (Å²) in [6, 6.07) is 16.2. The van der Waals surface area contributed by atoms with E-state index in [2.05, 4.69) is 4.99 Å². The van der Waals surface area contributed by atoms with E-state index in [4.69, 9.17) is 0 Å². The first-order valence-corrected chi connectivity index (χ1v) is 6.58. The summed E-state index contributed by atoms with van der Waals surface area (Å²) < 4.78 is 0. The lowest BCUT2D eigenvalue weighted by Crippen LogP contribution is -2.28. The van der Waals surface area contributed by atoms with Crippen LogP contribution in [0.25, 0.3) is 6.08 Å². The van der Waals surface area contributed by atoms with E-state index in [1.165, 1.54) is 0 Å². The number of hydrogen-bond donors (Lipinski definition) is 1. The molecular weight excluding hydrogens is 264 g/mol. The van der Waals surface area contributed by atoms with Gasteiger partial charge in [0, 0.05) is 12.6 Å². The number of likely N-dealkylation sites (N-methyl/N-ethyl adjacent to an activating group) is 1. The normalized spacial score (nSPS) is 16.4. The fourth-order valence-corrected chi connectivity index (χ4v) is 2.17. The number of carbonyl (C=O) groups is 1. The molecule has 2 aromatic rings. The molecule has 1 aliphatic rings. The third-order valence-corrected chi connectivity index (χ3v) is 3.30. The van der Waals surface area contributed by atoms with Gasteiger partial charge in [-0.1, -0.05) is 42.5 Å². The van der Waals surface area contributed by atoms with Gasteiger partial charge in [0.25, 0.3) is 5.91 Å². The third-order valence-electron chi connectivity index (χ3n) is 3.30. The Kier molecular flexibility index (Phi) is 3.28. The van der Waals surface area contributed by atoms with Crippen LogP contribution in [0.1, 0.15) is 11.1 Å². The molecule has 0 unspecified atom stereocenters. The van der Waals surface area contributed by atoms with Gasteiger partial charge in [0.05, 0.1) is 0 Å². The number of amidine groups is 1. The summed E-state index contributed by atoms with van der Waals surface area (Å²) in [6.45, 7) is 0. The molecule has 1 aliphatic heterocycles. The van der Waals surface area contributed by atoms with Crippen molar-refractivity contribution >= 4 is 17.8 Å². The highest BCUT2D eigenvalue weighted by atomic mass is 16.3. The molecule has 0 saturated carbocycles. The standard InChI is InChI=1S/C17H14N2O2/c1-19-16(13-5-3-2-4-6-13)18-15(17(19)21)11-12-7-9-14(20)10-8-12/h2-11,20H,1H3/b15-11-. The van der Waals surface area contributed by atoms with Crippen molar-refractivity contribution < 1.29 is 9.90 Å². The molecular formula is C17H14N2O2. The van der Waals surface area contributed by atoms with E-state index >= 15 is 0 Å². The molecule has 0 fully saturated rings. The second-order valence-electron chi connectivity index (χ2n) is 4.79. The first-order valence-electron chi connectivity index (χ1n) is 6.58. The van der Waals surface area contributed by atoms with E-state index in [0.29, 0.717) is 11.5 Å². The molecule has 1 heterocycles. The Bertz CT molecular complexity index is 731. The van der Waals surface area contributed by atoms with Crippen LogP contribution in [0, 0.1) is 0 Å². The lowest BCUT2D eigenvalue weighted by atomic mass is 10.2. The largest absolute Gasteiger partial charge is 0.508 e. The van der Waals surface area contributed by atoms with Gasteiger partial charge in [0.1, 0.15) is 17.3 Å². The third kappa shape index (κ3) is 2.56. The van der Waals surface area contributed by atoms with Crippen molar-refractivity contribution in [2.24, 2.45) is 4.99 Å². The number of nitrogens with zero attached hydrogens (tertiary/aromatic N) is 2. The van der Waals surface area contributed by atoms with Crippen LogP contribution in [0.15, 0.2) is 65.3 Å². The van der Waals surface area contributed by atoms with Crippen LogP contribution < -0.4 is 0 Å². The first-order chi connectivity index (χ1) is 10.1. The summed E-state index contributed by atoms with van der Waals surface area (Å²) >= 11 is 0. The second kappa shape index (κ2) is 5.25. The minimum Gasteiger partial charge on any atom is -0.508 e. The topological polar surface area (TPSA) is 52.9 Å². The molecule has 0 saturated heterocycles. The van der Waals surface area contributed by atoms with Gasteiger partial charge < -0.3 is 5.11 Å². The number of amides is 1. The molecule has 1 N–H and O–H groups in total. The van der Waals surface area contributed by atoms with Gasteiger partial charge >= 0.3 is 0 Å². The average Bonchev–Trinajstić information content (AvgIpc) is 2.79. The summed E-state index contributed by atoms with van der Waals surface area (Å²) in [5.41, 5.74) is 2.12. The molecule has 0 aliphatic carbocycles. The molecule has 0 radical (unpaired) electrons. The molecule has 0 spiro atoms. The van der Waals surface area contributed by atoms with E-state index in [9.17, 15) is 9.90 Å². The smallest absolute Gasteiger partial charge is 0.277 e. The van der Waals surface area contributed by atoms with E-state index < -0.39 is 0 Å². The van der Waals surface area contributed by atoms with Crippen molar-refractivity contribution in [3.8, 4) is 5.75 Å². The Morgan fingerprint density at radius 2 is 1.71 bits per heavy atom. The highest BCUT2D eigenvalue weighted by Gasteiger charge is 2.27. The molecule has 0 atom stereocenters. The van der Waals surface area contributed by atoms with Gasteiger partial charge in [0.2, 0.25) is 0 Å². The lowest BCUT2D eigenvalue weighted by molar-refractivity contribution is -0.121. The number of rotatable bonds is 2. The highest BCUT2D eigenvalue weighted by molar-refractivity contribution is 6.19. The van der Waals surface area contributed by atoms with Gasteiger partial charge in [-0.15, -0.1) is 0 Å². The highest BCUT2D eigenvalue weighted by Crippen LogP contribution is 2.21. The number of hydrogen-bond acceptors (Lipinski definition) is 3. The van der Waals surface area contributed by atoms with Gasteiger partial charge in [0.15, 0.2) is 0 Å². The van der Waals surface area contributed by atoms with Crippen LogP contribution in [0.3, 0.4) is 0 Å². The van der Waals surface area contributed by atoms with Crippen LogP contribution in [-0.2, 0) is 4.79 Å². The van der Waals surface area contributed by atoms with E-state index in [1.54, 1.807) is 42.3 Å². The number of phenolic OH excluding ortho intramolecular Hbond substituents is 1. The van der Waals surface area contributed by atoms with Crippen molar-refractivity contribution in [3.05, 3.63) is 71.4 Å². The minimum atomic E-state index is -0.137. The van der Waals surface area contributed by atoms with Crippen LogP contribution in [0.2, 0.25) is 0 Å². The summed E-state index contributed by atoms with van der Waals surface area (Å²) in [6.07, 6.45) is 1.72. The van der Waals surface area contributed by atoms with Crippen molar-refractivity contribution in [2.45, 2.75) is 0 Å². The molecule has 0 aromatic heterocycles. The molecule has 4 heteroatoms. The number of aromatic hydroxyl groups is 1. The fraction of sp³-hybridized carbons (Fsp3) is 0.0588. The zero-order chi connectivity index (χ0) is 14.8. The van der Waals surface area contributed by atoms with Gasteiger partial charge in [-0.25, -0.2) is 4.99 Å². The van der Waals surface area contributed by atoms with Crippen molar-refractivity contribution in [3.63, 3.8) is 0 Å². The molecule has 21 heavy (non-hydrogen) atoms. The second-order valence-corrected chi connectivity index (χ2v) is 4.79. The Balaban J connectivity index is 1.98. The molecule has 1 amide bonds. The summed E-state index contributed by atoms with van der Waals surface area (Å²) in [5, 5.41) is 9.28. The zero-order valence-corrected chi connectivity index (χ0v) is 11.5. The van der Waals surface area contributed by atoms with E-state index in [-0.39, 0.29) is 11.7 Å². The van der Waals surface area contributed by atoms with Crippen molar-refractivity contribution in [2.75, 3.05) is 7.05 Å². The Labute approximate surface area is 122 Å². The Morgan fingerprint density at radius 1 is 1.05 bits per heavy atom. The first kappa shape index (κ1) is 13.1. The van der Waals surface area contributed by atoms with Crippen LogP contribution >= 0.6 is 0 Å². The van der Waals surface area contributed by atoms with Crippen LogP contribution in [-0.4, -0.2) is 28.8 Å². The summed E-state index contributed by atoms with van der Waals surface area (Å²) in [7, 11) is 1.71. The lowest BCUT2D eigenvalue weighted by Gasteiger charge is -2.11. The quantitative estimate of drug-likeness (QED) is 0.859. The maximum absolute atomic E-state index is 12.3.